The van der Waals surface area contributed by atoms with Crippen LogP contribution >= 0.6 is 0 Å². The molecule has 0 aliphatic heterocycles. The van der Waals surface area contributed by atoms with Crippen LogP contribution < -0.4 is 0 Å². The molecule has 1 heterocycles. The van der Waals surface area contributed by atoms with Crippen molar-refractivity contribution in [3.8, 4) is 0 Å². The molecule has 0 spiro atoms. The van der Waals surface area contributed by atoms with Crippen molar-refractivity contribution in [3.63, 3.8) is 0 Å². The Kier molecular flexibility index (Phi) is 2.15. The van der Waals surface area contributed by atoms with E-state index in [1.54, 1.807) is 12.1 Å². The third-order valence-electron chi connectivity index (χ3n) is 2.93. The number of carboxylic acid groups (broad SMARTS) is 1. The lowest BCUT2D eigenvalue weighted by atomic mass is 9.96. The largest absolute Gasteiger partial charge is 0.480 e. The second kappa shape index (κ2) is 3.17. The Hall–Kier alpha value is -1.65. The first-order chi connectivity index (χ1) is 7.40. The number of rotatable bonds is 3. The Balaban J connectivity index is 2.35. The summed E-state index contributed by atoms with van der Waals surface area (Å²) >= 11 is 0. The van der Waals surface area contributed by atoms with Gasteiger partial charge in [-0.05, 0) is 30.7 Å². The number of hydrogen-bond acceptors (Lipinski definition) is 2. The van der Waals surface area contributed by atoms with Gasteiger partial charge >= 0.3 is 5.97 Å². The van der Waals surface area contributed by atoms with Crippen molar-refractivity contribution in [2.24, 2.45) is 5.41 Å². The molecule has 0 radical (unpaired) electrons. The molecule has 0 saturated heterocycles. The van der Waals surface area contributed by atoms with E-state index in [1.165, 1.54) is 19.3 Å². The van der Waals surface area contributed by atoms with Crippen LogP contribution in [-0.4, -0.2) is 17.0 Å². The van der Waals surface area contributed by atoms with Crippen molar-refractivity contribution >= 4 is 12.0 Å². The van der Waals surface area contributed by atoms with Gasteiger partial charge in [0.15, 0.2) is 5.41 Å². The average molecular weight is 228 g/mol. The number of hydrogen-bond donors (Lipinski definition) is 1. The molecular weight excluding hydrogens is 218 g/mol. The summed E-state index contributed by atoms with van der Waals surface area (Å²) in [6.07, 6.45) is 2.10. The molecule has 0 amide bonds. The second-order valence-corrected chi connectivity index (χ2v) is 3.93. The molecule has 3 nitrogen and oxygen atoms in total. The number of halogens is 2. The highest BCUT2D eigenvalue weighted by molar-refractivity contribution is 5.86. The molecule has 86 valence electrons. The van der Waals surface area contributed by atoms with Gasteiger partial charge in [0.2, 0.25) is 0 Å². The fraction of sp³-hybridized carbons (Fsp3) is 0.364. The van der Waals surface area contributed by atoms with Gasteiger partial charge in [0.1, 0.15) is 5.76 Å². The number of carbonyl (C=O) groups is 1. The molecule has 0 bridgehead atoms. The maximum absolute atomic E-state index is 13.1. The van der Waals surface area contributed by atoms with Crippen LogP contribution in [0, 0.1) is 5.41 Å². The van der Waals surface area contributed by atoms with Crippen molar-refractivity contribution in [2.75, 3.05) is 0 Å². The molecular formula is C11H10F2O3. The molecule has 16 heavy (non-hydrogen) atoms. The van der Waals surface area contributed by atoms with Gasteiger partial charge < -0.3 is 9.52 Å². The van der Waals surface area contributed by atoms with Gasteiger partial charge in [-0.2, -0.15) is 0 Å². The predicted octanol–water partition coefficient (Wildman–Crippen LogP) is 2.79. The average Bonchev–Trinajstić information content (AvgIpc) is 2.60. The van der Waals surface area contributed by atoms with Crippen molar-refractivity contribution in [1.82, 2.24) is 0 Å². The lowest BCUT2D eigenvalue weighted by Crippen LogP contribution is -2.23. The van der Waals surface area contributed by atoms with E-state index in [1.807, 2.05) is 0 Å². The fourth-order valence-corrected chi connectivity index (χ4v) is 1.83. The third kappa shape index (κ3) is 1.35. The summed E-state index contributed by atoms with van der Waals surface area (Å²) in [5.41, 5.74) is -1.93. The summed E-state index contributed by atoms with van der Waals surface area (Å²) in [5.74, 6) is -4.27. The standard InChI is InChI=1S/C11H10F2O3/c1-7(5-8-3-2-4-16-8)10(9(14)15)6-11(10,12)13/h2-5H,6H2,1H3,(H,14,15)/b7-5+. The summed E-state index contributed by atoms with van der Waals surface area (Å²) in [7, 11) is 0. The van der Waals surface area contributed by atoms with E-state index in [-0.39, 0.29) is 5.57 Å². The van der Waals surface area contributed by atoms with E-state index >= 15 is 0 Å². The van der Waals surface area contributed by atoms with Crippen LogP contribution in [0.25, 0.3) is 6.08 Å². The topological polar surface area (TPSA) is 50.4 Å². The number of alkyl halides is 2. The molecule has 1 aromatic rings. The van der Waals surface area contributed by atoms with E-state index in [9.17, 15) is 13.6 Å². The summed E-state index contributed by atoms with van der Waals surface area (Å²) in [5, 5.41) is 8.89. The van der Waals surface area contributed by atoms with Gasteiger partial charge in [-0.25, -0.2) is 8.78 Å². The minimum absolute atomic E-state index is 0.111. The minimum Gasteiger partial charge on any atom is -0.480 e. The number of carboxylic acids is 1. The smallest absolute Gasteiger partial charge is 0.320 e. The van der Waals surface area contributed by atoms with Crippen molar-refractivity contribution in [3.05, 3.63) is 29.7 Å². The second-order valence-electron chi connectivity index (χ2n) is 3.93. The Morgan fingerprint density at radius 3 is 2.62 bits per heavy atom. The Morgan fingerprint density at radius 1 is 1.62 bits per heavy atom. The van der Waals surface area contributed by atoms with Gasteiger partial charge in [0.05, 0.1) is 6.26 Å². The normalized spacial score (nSPS) is 27.8. The van der Waals surface area contributed by atoms with Gasteiger partial charge in [-0.15, -0.1) is 0 Å². The van der Waals surface area contributed by atoms with Crippen LogP contribution in [0.15, 0.2) is 28.4 Å². The summed E-state index contributed by atoms with van der Waals surface area (Å²) < 4.78 is 31.2. The van der Waals surface area contributed by atoms with Gasteiger partial charge in [0.25, 0.3) is 5.92 Å². The van der Waals surface area contributed by atoms with Crippen molar-refractivity contribution < 1.29 is 23.1 Å². The molecule has 0 aromatic carbocycles. The maximum Gasteiger partial charge on any atom is 0.320 e. The Morgan fingerprint density at radius 2 is 2.25 bits per heavy atom. The summed E-state index contributed by atoms with van der Waals surface area (Å²) in [6.45, 7) is 1.39. The molecule has 2 rings (SSSR count). The van der Waals surface area contributed by atoms with Crippen LogP contribution in [-0.2, 0) is 4.79 Å². The number of furan rings is 1. The zero-order chi connectivity index (χ0) is 12.0. The highest BCUT2D eigenvalue weighted by atomic mass is 19.3. The first-order valence-electron chi connectivity index (χ1n) is 4.74. The lowest BCUT2D eigenvalue weighted by molar-refractivity contribution is -0.145. The molecule has 1 saturated carbocycles. The Bertz CT molecular complexity index is 448. The van der Waals surface area contributed by atoms with Gasteiger partial charge in [-0.1, -0.05) is 0 Å². The van der Waals surface area contributed by atoms with Crippen LogP contribution in [0.2, 0.25) is 0 Å². The highest BCUT2D eigenvalue weighted by Gasteiger charge is 2.77. The van der Waals surface area contributed by atoms with Crippen LogP contribution in [0.5, 0.6) is 0 Å². The first-order valence-corrected chi connectivity index (χ1v) is 4.74. The van der Waals surface area contributed by atoms with E-state index < -0.39 is 23.7 Å². The van der Waals surface area contributed by atoms with Gasteiger partial charge in [0, 0.05) is 6.42 Å². The number of aliphatic carboxylic acids is 1. The van der Waals surface area contributed by atoms with Crippen LogP contribution in [0.1, 0.15) is 19.1 Å². The molecule has 1 unspecified atom stereocenters. The van der Waals surface area contributed by atoms with E-state index in [0.717, 1.165) is 0 Å². The predicted molar refractivity (Wildman–Crippen MR) is 52.0 cm³/mol. The Labute approximate surface area is 90.4 Å². The first kappa shape index (κ1) is 10.9. The van der Waals surface area contributed by atoms with Crippen LogP contribution in [0.3, 0.4) is 0 Å². The van der Waals surface area contributed by atoms with Gasteiger partial charge in [-0.3, -0.25) is 4.79 Å². The molecule has 1 aromatic heterocycles. The molecule has 1 aliphatic rings. The molecule has 5 heteroatoms. The maximum atomic E-state index is 13.1. The van der Waals surface area contributed by atoms with Crippen molar-refractivity contribution in [1.29, 1.82) is 0 Å². The quantitative estimate of drug-likeness (QED) is 0.865. The van der Waals surface area contributed by atoms with E-state index in [0.29, 0.717) is 5.76 Å². The molecule has 1 fully saturated rings. The van der Waals surface area contributed by atoms with E-state index in [2.05, 4.69) is 0 Å². The SMILES string of the molecule is C/C(=C\c1ccco1)C1(C(=O)O)CC1(F)F. The fourth-order valence-electron chi connectivity index (χ4n) is 1.83. The van der Waals surface area contributed by atoms with E-state index in [4.69, 9.17) is 9.52 Å². The molecule has 1 N–H and O–H groups in total. The highest BCUT2D eigenvalue weighted by Crippen LogP contribution is 2.65. The van der Waals surface area contributed by atoms with Crippen molar-refractivity contribution in [2.45, 2.75) is 19.3 Å². The lowest BCUT2D eigenvalue weighted by Gasteiger charge is -2.11. The zero-order valence-corrected chi connectivity index (χ0v) is 8.54. The van der Waals surface area contributed by atoms with Crippen LogP contribution in [0.4, 0.5) is 8.78 Å². The zero-order valence-electron chi connectivity index (χ0n) is 8.54. The monoisotopic (exact) mass is 228 g/mol. The minimum atomic E-state index is -3.16. The molecule has 1 atom stereocenters. The molecule has 1 aliphatic carbocycles. The third-order valence-corrected chi connectivity index (χ3v) is 2.93. The summed E-state index contributed by atoms with van der Waals surface area (Å²) in [4.78, 5) is 10.9. The summed E-state index contributed by atoms with van der Waals surface area (Å²) in [6, 6.07) is 3.19.